The number of sulfone groups is 1. The van der Waals surface area contributed by atoms with Gasteiger partial charge in [0.15, 0.2) is 15.9 Å². The van der Waals surface area contributed by atoms with E-state index in [0.29, 0.717) is 28.9 Å². The van der Waals surface area contributed by atoms with Crippen LogP contribution in [0.1, 0.15) is 71.3 Å². The number of oxime groups is 1. The van der Waals surface area contributed by atoms with Crippen molar-refractivity contribution in [2.45, 2.75) is 84.7 Å². The third kappa shape index (κ3) is 7.32. The Morgan fingerprint density at radius 1 is 1.00 bits per heavy atom. The molecule has 0 saturated heterocycles. The highest BCUT2D eigenvalue weighted by molar-refractivity contribution is 7.92. The Hall–Kier alpha value is -3.70. The summed E-state index contributed by atoms with van der Waals surface area (Å²) in [4.78, 5) is 17.8. The van der Waals surface area contributed by atoms with E-state index in [2.05, 4.69) is 53.4 Å². The smallest absolute Gasteiger partial charge is 0.229 e. The Kier molecular flexibility index (Phi) is 10.5. The topological polar surface area (TPSA) is 118 Å². The van der Waals surface area contributed by atoms with Crippen molar-refractivity contribution in [2.75, 3.05) is 30.3 Å². The first-order chi connectivity index (χ1) is 20.8. The van der Waals surface area contributed by atoms with Gasteiger partial charge >= 0.3 is 0 Å². The lowest BCUT2D eigenvalue weighted by molar-refractivity contribution is 0.0648. The third-order valence-electron chi connectivity index (χ3n) is 7.87. The van der Waals surface area contributed by atoms with Crippen molar-refractivity contribution in [1.29, 1.82) is 0 Å². The molecule has 44 heavy (non-hydrogen) atoms. The molecule has 11 heteroatoms. The van der Waals surface area contributed by atoms with E-state index in [1.54, 1.807) is 44.3 Å². The lowest BCUT2D eigenvalue weighted by atomic mass is 9.90. The Labute approximate surface area is 262 Å². The second kappa shape index (κ2) is 13.9. The van der Waals surface area contributed by atoms with Crippen molar-refractivity contribution >= 4 is 38.7 Å². The number of hydrogen-bond acceptors (Lipinski definition) is 10. The standard InChI is InChI=1S/C33H46N6O4S/c1-10-39(11-2)19-28-24(9)31(43-38-28)25-17-27(29(16-22(25)7)42-20(3)4)36-33-34-18-23(8)32(37-33)35-26-14-12-13-15-30(26)44(40,41)21(5)6/h12-18,20-21,24,31H,10-11,19H2,1-9H3,(H2,34,35,36,37). The van der Waals surface area contributed by atoms with E-state index in [-0.39, 0.29) is 23.0 Å². The molecule has 2 atom stereocenters. The van der Waals surface area contributed by atoms with Gasteiger partial charge in [-0.1, -0.05) is 38.1 Å². The van der Waals surface area contributed by atoms with Crippen molar-refractivity contribution in [3.05, 3.63) is 59.3 Å². The third-order valence-corrected chi connectivity index (χ3v) is 10.1. The number of rotatable bonds is 13. The van der Waals surface area contributed by atoms with Crippen molar-refractivity contribution in [3.8, 4) is 5.75 Å². The number of para-hydroxylation sites is 1. The molecule has 0 spiro atoms. The number of hydrogen-bond donors (Lipinski definition) is 2. The van der Waals surface area contributed by atoms with Gasteiger partial charge in [-0.05, 0) is 84.5 Å². The van der Waals surface area contributed by atoms with Gasteiger partial charge in [0, 0.05) is 29.8 Å². The van der Waals surface area contributed by atoms with Crippen molar-refractivity contribution in [2.24, 2.45) is 11.1 Å². The van der Waals surface area contributed by atoms with Gasteiger partial charge in [0.2, 0.25) is 5.95 Å². The summed E-state index contributed by atoms with van der Waals surface area (Å²) in [6.07, 6.45) is 1.41. The van der Waals surface area contributed by atoms with Crippen molar-refractivity contribution in [1.82, 2.24) is 14.9 Å². The molecule has 0 saturated carbocycles. The average Bonchev–Trinajstić information content (AvgIpc) is 3.33. The van der Waals surface area contributed by atoms with Gasteiger partial charge in [-0.25, -0.2) is 13.4 Å². The molecule has 0 bridgehead atoms. The second-order valence-electron chi connectivity index (χ2n) is 11.8. The van der Waals surface area contributed by atoms with Crippen LogP contribution in [0.3, 0.4) is 0 Å². The van der Waals surface area contributed by atoms with Crippen LogP contribution in [0.5, 0.6) is 5.75 Å². The molecule has 0 amide bonds. The molecule has 1 aliphatic rings. The van der Waals surface area contributed by atoms with Crippen LogP contribution in [0, 0.1) is 19.8 Å². The van der Waals surface area contributed by atoms with E-state index >= 15 is 0 Å². The number of aromatic nitrogens is 2. The fourth-order valence-electron chi connectivity index (χ4n) is 5.05. The molecule has 4 rings (SSSR count). The highest BCUT2D eigenvalue weighted by atomic mass is 32.2. The first-order valence-corrected chi connectivity index (χ1v) is 16.9. The first-order valence-electron chi connectivity index (χ1n) is 15.3. The van der Waals surface area contributed by atoms with Gasteiger partial charge in [-0.3, -0.25) is 4.90 Å². The molecular formula is C33H46N6O4S. The van der Waals surface area contributed by atoms with Gasteiger partial charge in [0.25, 0.3) is 0 Å². The van der Waals surface area contributed by atoms with Crippen LogP contribution in [0.2, 0.25) is 0 Å². The predicted molar refractivity (Wildman–Crippen MR) is 177 cm³/mol. The molecule has 2 N–H and O–H groups in total. The SMILES string of the molecule is CCN(CC)CC1=NOC(c2cc(Nc3ncc(C)c(Nc4ccccc4S(=O)(=O)C(C)C)n3)c(OC(C)C)cc2C)C1C. The summed E-state index contributed by atoms with van der Waals surface area (Å²) < 4.78 is 32.3. The van der Waals surface area contributed by atoms with E-state index in [0.717, 1.165) is 42.0 Å². The van der Waals surface area contributed by atoms with Gasteiger partial charge in [-0.2, -0.15) is 4.98 Å². The number of aryl methyl sites for hydroxylation is 2. The zero-order valence-electron chi connectivity index (χ0n) is 27.3. The van der Waals surface area contributed by atoms with E-state index in [9.17, 15) is 8.42 Å². The van der Waals surface area contributed by atoms with Crippen LogP contribution in [-0.4, -0.2) is 60.0 Å². The first kappa shape index (κ1) is 33.2. The molecule has 2 heterocycles. The molecule has 1 aromatic heterocycles. The quantitative estimate of drug-likeness (QED) is 0.209. The molecule has 238 valence electrons. The van der Waals surface area contributed by atoms with Crippen molar-refractivity contribution < 1.29 is 18.0 Å². The van der Waals surface area contributed by atoms with Crippen LogP contribution >= 0.6 is 0 Å². The second-order valence-corrected chi connectivity index (χ2v) is 14.3. The zero-order chi connectivity index (χ0) is 32.2. The molecular weight excluding hydrogens is 576 g/mol. The number of nitrogens with one attached hydrogen (secondary N) is 2. The normalized spacial score (nSPS) is 16.8. The van der Waals surface area contributed by atoms with Gasteiger partial charge in [-0.15, -0.1) is 0 Å². The molecule has 0 fully saturated rings. The van der Waals surface area contributed by atoms with E-state index in [1.165, 1.54) is 0 Å². The number of ether oxygens (including phenoxy) is 1. The highest BCUT2D eigenvalue weighted by Crippen LogP contribution is 2.40. The fourth-order valence-corrected chi connectivity index (χ4v) is 6.25. The lowest BCUT2D eigenvalue weighted by Crippen LogP contribution is -2.32. The summed E-state index contributed by atoms with van der Waals surface area (Å²) in [5, 5.41) is 10.5. The van der Waals surface area contributed by atoms with Crippen LogP contribution in [-0.2, 0) is 14.7 Å². The Morgan fingerprint density at radius 2 is 1.70 bits per heavy atom. The molecule has 3 aromatic rings. The van der Waals surface area contributed by atoms with E-state index in [1.807, 2.05) is 32.9 Å². The van der Waals surface area contributed by atoms with Gasteiger partial charge < -0.3 is 20.2 Å². The number of benzene rings is 2. The maximum absolute atomic E-state index is 13.0. The molecule has 2 unspecified atom stereocenters. The Bertz CT molecular complexity index is 1600. The van der Waals surface area contributed by atoms with E-state index in [4.69, 9.17) is 14.6 Å². The summed E-state index contributed by atoms with van der Waals surface area (Å²) in [6, 6.07) is 10.9. The minimum atomic E-state index is -3.51. The highest BCUT2D eigenvalue weighted by Gasteiger charge is 2.34. The summed E-state index contributed by atoms with van der Waals surface area (Å²) in [5.74, 6) is 1.61. The Morgan fingerprint density at radius 3 is 2.36 bits per heavy atom. The largest absolute Gasteiger partial charge is 0.489 e. The van der Waals surface area contributed by atoms with Gasteiger partial charge in [0.1, 0.15) is 11.6 Å². The van der Waals surface area contributed by atoms with Crippen LogP contribution in [0.25, 0.3) is 0 Å². The van der Waals surface area contributed by atoms with Crippen molar-refractivity contribution in [3.63, 3.8) is 0 Å². The van der Waals surface area contributed by atoms with Crippen LogP contribution < -0.4 is 15.4 Å². The molecule has 10 nitrogen and oxygen atoms in total. The average molecular weight is 623 g/mol. The van der Waals surface area contributed by atoms with E-state index < -0.39 is 15.1 Å². The van der Waals surface area contributed by atoms with Crippen LogP contribution in [0.15, 0.2) is 52.6 Å². The maximum atomic E-state index is 13.0. The molecule has 0 aliphatic carbocycles. The summed E-state index contributed by atoms with van der Waals surface area (Å²) >= 11 is 0. The van der Waals surface area contributed by atoms with Crippen LogP contribution in [0.4, 0.5) is 23.1 Å². The zero-order valence-corrected chi connectivity index (χ0v) is 28.1. The molecule has 2 aromatic carbocycles. The van der Waals surface area contributed by atoms with Gasteiger partial charge in [0.05, 0.1) is 33.3 Å². The summed E-state index contributed by atoms with van der Waals surface area (Å²) in [6.45, 7) is 20.4. The Balaban J connectivity index is 1.66. The minimum Gasteiger partial charge on any atom is -0.489 e. The lowest BCUT2D eigenvalue weighted by Gasteiger charge is -2.23. The minimum absolute atomic E-state index is 0.0537. The number of nitrogens with zero attached hydrogens (tertiary/aromatic N) is 4. The summed E-state index contributed by atoms with van der Waals surface area (Å²) in [7, 11) is -3.51. The summed E-state index contributed by atoms with van der Waals surface area (Å²) in [5.41, 5.74) is 5.01. The number of anilines is 4. The molecule has 1 aliphatic heterocycles. The monoisotopic (exact) mass is 622 g/mol. The maximum Gasteiger partial charge on any atom is 0.229 e. The predicted octanol–water partition coefficient (Wildman–Crippen LogP) is 6.96. The fraction of sp³-hybridized carbons (Fsp3) is 0.485. The molecule has 0 radical (unpaired) electrons.